The average molecular weight is 654 g/mol. The minimum atomic E-state index is -2.36. The Morgan fingerprint density at radius 3 is 1.65 bits per heavy atom. The molecular formula is C30H30Cl2F4N6S. The SMILES string of the molecule is N#CC1(c2cncc(Cl)c2)C[C@H]2C=C[C@@H](C1)N2CC(F)F.NC(=S)C1(c2cncc(Cl)c2)C[C@H]2C=C[C@@H](C1)N2CC(F)F. The third-order valence-electron chi connectivity index (χ3n) is 8.94. The molecule has 4 aliphatic rings. The van der Waals surface area contributed by atoms with Gasteiger partial charge >= 0.3 is 0 Å². The molecule has 4 bridgehead atoms. The lowest BCUT2D eigenvalue weighted by Gasteiger charge is -2.46. The fourth-order valence-corrected chi connectivity index (χ4v) is 7.59. The lowest BCUT2D eigenvalue weighted by Crippen LogP contribution is -2.55. The second-order valence-corrected chi connectivity index (χ2v) is 12.8. The Morgan fingerprint density at radius 2 is 1.26 bits per heavy atom. The lowest BCUT2D eigenvalue weighted by atomic mass is 9.70. The van der Waals surface area contributed by atoms with Crippen molar-refractivity contribution in [3.05, 3.63) is 82.4 Å². The van der Waals surface area contributed by atoms with Gasteiger partial charge in [0.15, 0.2) is 0 Å². The average Bonchev–Trinajstić information content (AvgIpc) is 3.32. The molecular weight excluding hydrogens is 623 g/mol. The number of piperidine rings is 2. The van der Waals surface area contributed by atoms with Gasteiger partial charge in [-0.1, -0.05) is 59.7 Å². The van der Waals surface area contributed by atoms with Gasteiger partial charge in [0.05, 0.1) is 45.0 Å². The third-order valence-corrected chi connectivity index (χ3v) is 9.75. The second-order valence-electron chi connectivity index (χ2n) is 11.5. The summed E-state index contributed by atoms with van der Waals surface area (Å²) in [4.78, 5) is 12.1. The van der Waals surface area contributed by atoms with Crippen molar-refractivity contribution in [1.82, 2.24) is 19.8 Å². The van der Waals surface area contributed by atoms with Crippen LogP contribution in [-0.2, 0) is 10.8 Å². The zero-order valence-electron chi connectivity index (χ0n) is 23.0. The van der Waals surface area contributed by atoms with E-state index in [0.29, 0.717) is 40.7 Å². The molecule has 2 aromatic rings. The first kappa shape index (κ1) is 31.8. The number of rotatable bonds is 7. The summed E-state index contributed by atoms with van der Waals surface area (Å²) in [5.74, 6) is 0. The van der Waals surface area contributed by atoms with Gasteiger partial charge in [0.1, 0.15) is 0 Å². The van der Waals surface area contributed by atoms with Crippen molar-refractivity contribution in [3.8, 4) is 6.07 Å². The van der Waals surface area contributed by atoms with Crippen LogP contribution in [0, 0.1) is 11.3 Å². The van der Waals surface area contributed by atoms with Crippen LogP contribution >= 0.6 is 35.4 Å². The van der Waals surface area contributed by atoms with Crippen molar-refractivity contribution in [2.45, 2.75) is 73.5 Å². The van der Waals surface area contributed by atoms with E-state index in [1.54, 1.807) is 29.6 Å². The summed E-state index contributed by atoms with van der Waals surface area (Å²) < 4.78 is 50.9. The highest BCUT2D eigenvalue weighted by Gasteiger charge is 2.50. The van der Waals surface area contributed by atoms with Crippen molar-refractivity contribution in [3.63, 3.8) is 0 Å². The standard InChI is InChI=1S/C15H16ClF2N3S.C15H14ClF2N3/c16-10-3-9(6-20-7-10)15(14(19)22)4-11-1-2-12(5-15)21(11)8-13(17)18;16-11-3-10(6-20-7-11)15(9-19)4-12-1-2-13(5-15)21(12)8-14(17)18/h1-3,6-7,11-13H,4-5,8H2,(H2,19,22);1-3,6-7,12-14H,4-5,8H2/t11-,12+,15?;12-,13+,15?. The predicted octanol–water partition coefficient (Wildman–Crippen LogP) is 6.09. The van der Waals surface area contributed by atoms with Gasteiger partial charge in [0.25, 0.3) is 12.9 Å². The number of nitrogens with two attached hydrogens (primary N) is 1. The Hall–Kier alpha value is -2.62. The molecule has 0 radical (unpaired) electrons. The molecule has 6 atom stereocenters. The highest BCUT2D eigenvalue weighted by atomic mass is 35.5. The molecule has 0 aromatic carbocycles. The molecule has 0 amide bonds. The van der Waals surface area contributed by atoms with E-state index < -0.39 is 23.7 Å². The number of hydrogen-bond donors (Lipinski definition) is 1. The first-order valence-electron chi connectivity index (χ1n) is 13.8. The fraction of sp³-hybridized carbons (Fsp3) is 0.467. The maximum absolute atomic E-state index is 12.8. The van der Waals surface area contributed by atoms with E-state index in [4.69, 9.17) is 41.2 Å². The predicted molar refractivity (Wildman–Crippen MR) is 162 cm³/mol. The molecule has 6 heterocycles. The molecule has 2 N–H and O–H groups in total. The number of pyridine rings is 2. The number of fused-ring (bicyclic) bond motifs is 4. The molecule has 0 spiro atoms. The number of nitrogens with zero attached hydrogens (tertiary/aromatic N) is 5. The first-order chi connectivity index (χ1) is 20.5. The zero-order valence-corrected chi connectivity index (χ0v) is 25.3. The number of hydrogen-bond acceptors (Lipinski definition) is 6. The van der Waals surface area contributed by atoms with Crippen LogP contribution in [0.2, 0.25) is 10.0 Å². The van der Waals surface area contributed by atoms with Crippen molar-refractivity contribution in [1.29, 1.82) is 5.26 Å². The summed E-state index contributed by atoms with van der Waals surface area (Å²) in [5, 5.41) is 10.7. The molecule has 4 aliphatic heterocycles. The molecule has 0 aliphatic carbocycles. The van der Waals surface area contributed by atoms with Gasteiger partial charge in [-0.25, -0.2) is 17.6 Å². The Morgan fingerprint density at radius 1 is 0.837 bits per heavy atom. The van der Waals surface area contributed by atoms with E-state index in [0.717, 1.165) is 11.1 Å². The summed E-state index contributed by atoms with van der Waals surface area (Å²) in [7, 11) is 0. The van der Waals surface area contributed by atoms with Crippen LogP contribution in [0.1, 0.15) is 36.8 Å². The molecule has 2 saturated heterocycles. The van der Waals surface area contributed by atoms with Gasteiger partial charge in [0, 0.05) is 49.0 Å². The molecule has 43 heavy (non-hydrogen) atoms. The normalized spacial score (nSPS) is 31.2. The fourth-order valence-electron chi connectivity index (χ4n) is 6.96. The van der Waals surface area contributed by atoms with Gasteiger partial charge in [-0.15, -0.1) is 0 Å². The summed E-state index contributed by atoms with van der Waals surface area (Å²) in [6.07, 6.45) is 11.7. The van der Waals surface area contributed by atoms with Crippen LogP contribution in [0.5, 0.6) is 0 Å². The summed E-state index contributed by atoms with van der Waals surface area (Å²) in [6, 6.07) is 5.51. The Balaban J connectivity index is 0.000000171. The number of alkyl halides is 4. The molecule has 0 saturated carbocycles. The lowest BCUT2D eigenvalue weighted by molar-refractivity contribution is 0.0381. The monoisotopic (exact) mass is 652 g/mol. The molecule has 6 rings (SSSR count). The van der Waals surface area contributed by atoms with Crippen LogP contribution in [0.3, 0.4) is 0 Å². The number of aromatic nitrogens is 2. The van der Waals surface area contributed by atoms with E-state index in [1.165, 1.54) is 6.20 Å². The van der Waals surface area contributed by atoms with Crippen LogP contribution in [0.15, 0.2) is 61.2 Å². The van der Waals surface area contributed by atoms with Crippen LogP contribution in [0.4, 0.5) is 17.6 Å². The summed E-state index contributed by atoms with van der Waals surface area (Å²) in [6.45, 7) is -0.485. The van der Waals surface area contributed by atoms with Gasteiger partial charge < -0.3 is 5.73 Å². The van der Waals surface area contributed by atoms with Gasteiger partial charge in [0.2, 0.25) is 0 Å². The maximum Gasteiger partial charge on any atom is 0.251 e. The van der Waals surface area contributed by atoms with Gasteiger partial charge in [-0.05, 0) is 48.9 Å². The molecule has 2 unspecified atom stereocenters. The van der Waals surface area contributed by atoms with Crippen LogP contribution in [0.25, 0.3) is 0 Å². The van der Waals surface area contributed by atoms with Crippen molar-refractivity contribution in [2.24, 2.45) is 5.73 Å². The van der Waals surface area contributed by atoms with E-state index in [2.05, 4.69) is 16.0 Å². The highest BCUT2D eigenvalue weighted by molar-refractivity contribution is 7.80. The third kappa shape index (κ3) is 6.45. The molecule has 2 fully saturated rings. The Labute approximate surface area is 263 Å². The summed E-state index contributed by atoms with van der Waals surface area (Å²) in [5.41, 5.74) is 6.42. The Kier molecular flexibility index (Phi) is 9.45. The first-order valence-corrected chi connectivity index (χ1v) is 15.0. The van der Waals surface area contributed by atoms with Gasteiger partial charge in [-0.2, -0.15) is 5.26 Å². The van der Waals surface area contributed by atoms with E-state index in [9.17, 15) is 22.8 Å². The van der Waals surface area contributed by atoms with E-state index in [-0.39, 0.29) is 37.3 Å². The minimum Gasteiger partial charge on any atom is -0.393 e. The molecule has 2 aromatic heterocycles. The second kappa shape index (κ2) is 12.8. The summed E-state index contributed by atoms with van der Waals surface area (Å²) >= 11 is 17.3. The van der Waals surface area contributed by atoms with Gasteiger partial charge in [-0.3, -0.25) is 19.8 Å². The van der Waals surface area contributed by atoms with E-state index >= 15 is 0 Å². The quantitative estimate of drug-likeness (QED) is 0.220. The van der Waals surface area contributed by atoms with E-state index in [1.807, 2.05) is 35.3 Å². The minimum absolute atomic E-state index is 0.0896. The highest BCUT2D eigenvalue weighted by Crippen LogP contribution is 2.46. The number of halogens is 6. The van der Waals surface area contributed by atoms with Crippen molar-refractivity contribution >= 4 is 40.4 Å². The smallest absolute Gasteiger partial charge is 0.251 e. The number of thiocarbonyl (C=S) groups is 1. The van der Waals surface area contributed by atoms with Crippen LogP contribution < -0.4 is 5.73 Å². The molecule has 6 nitrogen and oxygen atoms in total. The zero-order chi connectivity index (χ0) is 30.9. The molecule has 228 valence electrons. The maximum atomic E-state index is 12.8. The van der Waals surface area contributed by atoms with Crippen molar-refractivity contribution in [2.75, 3.05) is 13.1 Å². The van der Waals surface area contributed by atoms with Crippen LogP contribution in [-0.4, -0.2) is 74.9 Å². The number of nitriles is 1. The molecule has 13 heteroatoms. The topological polar surface area (TPSA) is 82.1 Å². The Bertz CT molecular complexity index is 1420. The van der Waals surface area contributed by atoms with Crippen molar-refractivity contribution < 1.29 is 17.6 Å². The largest absolute Gasteiger partial charge is 0.393 e.